The van der Waals surface area contributed by atoms with Crippen molar-refractivity contribution in [3.8, 4) is 0 Å². The van der Waals surface area contributed by atoms with Crippen LogP contribution in [0.5, 0.6) is 0 Å². The summed E-state index contributed by atoms with van der Waals surface area (Å²) in [5, 5.41) is 0.660. The molecule has 0 aliphatic rings. The van der Waals surface area contributed by atoms with Gasteiger partial charge in [-0.05, 0) is 25.6 Å². The fourth-order valence-electron chi connectivity index (χ4n) is 1.43. The van der Waals surface area contributed by atoms with Crippen LogP contribution in [0.1, 0.15) is 12.1 Å². The summed E-state index contributed by atoms with van der Waals surface area (Å²) in [6.07, 6.45) is 0.993. The standard InChI is InChI=1S/C11H18ClN3O/c1-15(6-3-7-16-2)8-10-9(12)4-5-11(13)14-10/h4-5H,3,6-8H2,1-2H3,(H2,13,14). The van der Waals surface area contributed by atoms with E-state index in [2.05, 4.69) is 9.88 Å². The highest BCUT2D eigenvalue weighted by molar-refractivity contribution is 6.31. The first kappa shape index (κ1) is 13.2. The fourth-order valence-corrected chi connectivity index (χ4v) is 1.59. The predicted molar refractivity (Wildman–Crippen MR) is 66.5 cm³/mol. The van der Waals surface area contributed by atoms with E-state index in [9.17, 15) is 0 Å². The first-order valence-corrected chi connectivity index (χ1v) is 5.59. The molecule has 0 fully saturated rings. The van der Waals surface area contributed by atoms with Gasteiger partial charge in [0.05, 0.1) is 10.7 Å². The Bertz CT molecular complexity index is 333. The zero-order valence-electron chi connectivity index (χ0n) is 9.74. The summed E-state index contributed by atoms with van der Waals surface area (Å²) < 4.78 is 5.00. The molecular formula is C11H18ClN3O. The summed E-state index contributed by atoms with van der Waals surface area (Å²) in [6.45, 7) is 2.41. The molecule has 0 spiro atoms. The van der Waals surface area contributed by atoms with Crippen molar-refractivity contribution in [2.75, 3.05) is 33.0 Å². The smallest absolute Gasteiger partial charge is 0.123 e. The number of hydrogen-bond acceptors (Lipinski definition) is 4. The number of hydrogen-bond donors (Lipinski definition) is 1. The largest absolute Gasteiger partial charge is 0.385 e. The van der Waals surface area contributed by atoms with Crippen molar-refractivity contribution in [1.29, 1.82) is 0 Å². The predicted octanol–water partition coefficient (Wildman–Crippen LogP) is 1.79. The molecule has 4 nitrogen and oxygen atoms in total. The van der Waals surface area contributed by atoms with E-state index in [1.54, 1.807) is 19.2 Å². The van der Waals surface area contributed by atoms with Gasteiger partial charge < -0.3 is 15.4 Å². The molecular weight excluding hydrogens is 226 g/mol. The van der Waals surface area contributed by atoms with E-state index in [0.29, 0.717) is 17.4 Å². The molecule has 90 valence electrons. The summed E-state index contributed by atoms with van der Waals surface area (Å²) in [7, 11) is 3.73. The lowest BCUT2D eigenvalue weighted by atomic mass is 10.3. The monoisotopic (exact) mass is 243 g/mol. The molecule has 2 N–H and O–H groups in total. The third kappa shape index (κ3) is 4.35. The lowest BCUT2D eigenvalue weighted by molar-refractivity contribution is 0.178. The van der Waals surface area contributed by atoms with Gasteiger partial charge in [-0.25, -0.2) is 4.98 Å². The Kier molecular flexibility index (Phi) is 5.52. The normalized spacial score (nSPS) is 11.0. The van der Waals surface area contributed by atoms with E-state index >= 15 is 0 Å². The van der Waals surface area contributed by atoms with Crippen molar-refractivity contribution >= 4 is 17.4 Å². The number of nitrogens with two attached hydrogens (primary N) is 1. The van der Waals surface area contributed by atoms with E-state index in [1.807, 2.05) is 7.05 Å². The second-order valence-electron chi connectivity index (χ2n) is 3.75. The Morgan fingerprint density at radius 1 is 1.50 bits per heavy atom. The molecule has 1 aromatic rings. The molecule has 0 saturated carbocycles. The van der Waals surface area contributed by atoms with Crippen molar-refractivity contribution in [1.82, 2.24) is 9.88 Å². The first-order chi connectivity index (χ1) is 7.63. The molecule has 0 bridgehead atoms. The number of rotatable bonds is 6. The summed E-state index contributed by atoms with van der Waals surface area (Å²) in [5.74, 6) is 0.504. The van der Waals surface area contributed by atoms with E-state index < -0.39 is 0 Å². The van der Waals surface area contributed by atoms with Gasteiger partial charge in [-0.3, -0.25) is 0 Å². The van der Waals surface area contributed by atoms with Crippen LogP contribution in [-0.2, 0) is 11.3 Å². The minimum Gasteiger partial charge on any atom is -0.385 e. The topological polar surface area (TPSA) is 51.4 Å². The Labute approximate surface area is 101 Å². The number of ether oxygens (including phenoxy) is 1. The molecule has 0 aliphatic carbocycles. The van der Waals surface area contributed by atoms with Gasteiger partial charge in [0.2, 0.25) is 0 Å². The van der Waals surface area contributed by atoms with Gasteiger partial charge in [-0.2, -0.15) is 0 Å². The Balaban J connectivity index is 2.48. The van der Waals surface area contributed by atoms with Crippen molar-refractivity contribution < 1.29 is 4.74 Å². The van der Waals surface area contributed by atoms with Crippen LogP contribution in [0.25, 0.3) is 0 Å². The highest BCUT2D eigenvalue weighted by Gasteiger charge is 2.06. The van der Waals surface area contributed by atoms with Gasteiger partial charge >= 0.3 is 0 Å². The van der Waals surface area contributed by atoms with Crippen LogP contribution in [-0.4, -0.2) is 37.2 Å². The molecule has 0 saturated heterocycles. The van der Waals surface area contributed by atoms with Crippen LogP contribution in [0.4, 0.5) is 5.82 Å². The summed E-state index contributed by atoms with van der Waals surface area (Å²) in [4.78, 5) is 6.36. The molecule has 0 radical (unpaired) electrons. The number of anilines is 1. The Morgan fingerprint density at radius 2 is 2.25 bits per heavy atom. The highest BCUT2D eigenvalue weighted by Crippen LogP contribution is 2.16. The van der Waals surface area contributed by atoms with Crippen molar-refractivity contribution in [3.63, 3.8) is 0 Å². The van der Waals surface area contributed by atoms with Gasteiger partial charge in [-0.15, -0.1) is 0 Å². The maximum absolute atomic E-state index is 6.03. The maximum Gasteiger partial charge on any atom is 0.123 e. The van der Waals surface area contributed by atoms with E-state index in [1.165, 1.54) is 0 Å². The van der Waals surface area contributed by atoms with Crippen molar-refractivity contribution in [3.05, 3.63) is 22.8 Å². The summed E-state index contributed by atoms with van der Waals surface area (Å²) in [5.41, 5.74) is 6.44. The third-order valence-corrected chi connectivity index (χ3v) is 2.59. The molecule has 1 heterocycles. The molecule has 0 aliphatic heterocycles. The van der Waals surface area contributed by atoms with Gasteiger partial charge in [0.25, 0.3) is 0 Å². The number of aromatic nitrogens is 1. The molecule has 0 amide bonds. The fraction of sp³-hybridized carbons (Fsp3) is 0.545. The quantitative estimate of drug-likeness (QED) is 0.774. The van der Waals surface area contributed by atoms with Crippen LogP contribution in [0, 0.1) is 0 Å². The molecule has 0 atom stereocenters. The van der Waals surface area contributed by atoms with Crippen LogP contribution >= 0.6 is 11.6 Å². The van der Waals surface area contributed by atoms with Crippen molar-refractivity contribution in [2.24, 2.45) is 0 Å². The number of halogens is 1. The van der Waals surface area contributed by atoms with Crippen LogP contribution in [0.2, 0.25) is 5.02 Å². The number of pyridine rings is 1. The Hall–Kier alpha value is -0.840. The van der Waals surface area contributed by atoms with E-state index in [4.69, 9.17) is 22.1 Å². The average Bonchev–Trinajstić information content (AvgIpc) is 2.24. The minimum absolute atomic E-state index is 0.504. The zero-order valence-corrected chi connectivity index (χ0v) is 10.5. The molecule has 1 rings (SSSR count). The van der Waals surface area contributed by atoms with Crippen LogP contribution < -0.4 is 5.73 Å². The van der Waals surface area contributed by atoms with Gasteiger partial charge in [0.15, 0.2) is 0 Å². The minimum atomic E-state index is 0.504. The first-order valence-electron chi connectivity index (χ1n) is 5.22. The lowest BCUT2D eigenvalue weighted by Gasteiger charge is -2.16. The molecule has 16 heavy (non-hydrogen) atoms. The van der Waals surface area contributed by atoms with E-state index in [0.717, 1.165) is 25.3 Å². The summed E-state index contributed by atoms with van der Waals surface area (Å²) in [6, 6.07) is 3.49. The summed E-state index contributed by atoms with van der Waals surface area (Å²) >= 11 is 6.03. The second-order valence-corrected chi connectivity index (χ2v) is 4.16. The van der Waals surface area contributed by atoms with E-state index in [-0.39, 0.29) is 0 Å². The molecule has 1 aromatic heterocycles. The highest BCUT2D eigenvalue weighted by atomic mass is 35.5. The van der Waals surface area contributed by atoms with Crippen molar-refractivity contribution in [2.45, 2.75) is 13.0 Å². The number of nitrogen functional groups attached to an aromatic ring is 1. The zero-order chi connectivity index (χ0) is 12.0. The average molecular weight is 244 g/mol. The molecule has 0 aromatic carbocycles. The lowest BCUT2D eigenvalue weighted by Crippen LogP contribution is -2.21. The Morgan fingerprint density at radius 3 is 2.94 bits per heavy atom. The number of methoxy groups -OCH3 is 1. The SMILES string of the molecule is COCCCN(C)Cc1nc(N)ccc1Cl. The third-order valence-electron chi connectivity index (χ3n) is 2.25. The second kappa shape index (κ2) is 6.68. The van der Waals surface area contributed by atoms with Gasteiger partial charge in [-0.1, -0.05) is 11.6 Å². The van der Waals surface area contributed by atoms with Gasteiger partial charge in [0.1, 0.15) is 5.82 Å². The van der Waals surface area contributed by atoms with Crippen LogP contribution in [0.3, 0.4) is 0 Å². The molecule has 5 heteroatoms. The van der Waals surface area contributed by atoms with Gasteiger partial charge in [0, 0.05) is 26.8 Å². The number of nitrogens with zero attached hydrogens (tertiary/aromatic N) is 2. The molecule has 0 unspecified atom stereocenters. The maximum atomic E-state index is 6.03. The van der Waals surface area contributed by atoms with Crippen LogP contribution in [0.15, 0.2) is 12.1 Å².